The number of unbranched alkanes of at least 4 members (excludes halogenated alkanes) is 1. The van der Waals surface area contributed by atoms with Gasteiger partial charge in [-0.2, -0.15) is 0 Å². The summed E-state index contributed by atoms with van der Waals surface area (Å²) in [6.07, 6.45) is 3.83. The Balaban J connectivity index is 2.23. The molecule has 0 amide bonds. The minimum absolute atomic E-state index is 0.652. The molecule has 1 aromatic rings. The van der Waals surface area contributed by atoms with Gasteiger partial charge < -0.3 is 10.2 Å². The van der Waals surface area contributed by atoms with E-state index < -0.39 is 0 Å². The van der Waals surface area contributed by atoms with Crippen molar-refractivity contribution in [1.82, 2.24) is 5.32 Å². The van der Waals surface area contributed by atoms with Crippen molar-refractivity contribution >= 4 is 5.69 Å². The number of benzene rings is 1. The molecule has 1 unspecified atom stereocenters. The second-order valence-electron chi connectivity index (χ2n) is 5.22. The van der Waals surface area contributed by atoms with Crippen molar-refractivity contribution in [3.8, 4) is 0 Å². The molecule has 18 heavy (non-hydrogen) atoms. The Morgan fingerprint density at radius 3 is 2.72 bits per heavy atom. The normalized spacial score (nSPS) is 12.4. The van der Waals surface area contributed by atoms with E-state index in [2.05, 4.69) is 62.3 Å². The second kappa shape index (κ2) is 8.15. The molecule has 0 aliphatic heterocycles. The van der Waals surface area contributed by atoms with Crippen molar-refractivity contribution in [3.63, 3.8) is 0 Å². The van der Waals surface area contributed by atoms with Gasteiger partial charge in [-0.1, -0.05) is 25.5 Å². The van der Waals surface area contributed by atoms with Gasteiger partial charge >= 0.3 is 0 Å². The molecule has 1 rings (SSSR count). The first-order valence-corrected chi connectivity index (χ1v) is 7.14. The second-order valence-corrected chi connectivity index (χ2v) is 5.22. The summed E-state index contributed by atoms with van der Waals surface area (Å²) in [6, 6.07) is 9.37. The predicted octanol–water partition coefficient (Wildman–Crippen LogP) is 3.60. The molecule has 0 aliphatic carbocycles. The molecule has 0 fully saturated rings. The summed E-state index contributed by atoms with van der Waals surface area (Å²) in [7, 11) is 2.18. The topological polar surface area (TPSA) is 15.3 Å². The quantitative estimate of drug-likeness (QED) is 0.707. The predicted molar refractivity (Wildman–Crippen MR) is 81.4 cm³/mol. The van der Waals surface area contributed by atoms with Crippen molar-refractivity contribution < 1.29 is 0 Å². The Kier molecular flexibility index (Phi) is 6.81. The van der Waals surface area contributed by atoms with Crippen LogP contribution in [0.15, 0.2) is 24.3 Å². The molecule has 0 saturated heterocycles. The van der Waals surface area contributed by atoms with Gasteiger partial charge in [0.25, 0.3) is 0 Å². The van der Waals surface area contributed by atoms with Gasteiger partial charge in [-0.15, -0.1) is 0 Å². The zero-order chi connectivity index (χ0) is 13.4. The number of anilines is 1. The summed E-state index contributed by atoms with van der Waals surface area (Å²) in [6.45, 7) is 8.80. The Morgan fingerprint density at radius 1 is 1.28 bits per heavy atom. The van der Waals surface area contributed by atoms with Gasteiger partial charge in [0.15, 0.2) is 0 Å². The Labute approximate surface area is 112 Å². The van der Waals surface area contributed by atoms with Crippen molar-refractivity contribution in [2.45, 2.75) is 46.1 Å². The lowest BCUT2D eigenvalue weighted by Gasteiger charge is -2.20. The number of rotatable bonds is 8. The van der Waals surface area contributed by atoms with Crippen LogP contribution in [0.4, 0.5) is 5.69 Å². The van der Waals surface area contributed by atoms with E-state index in [-0.39, 0.29) is 0 Å². The summed E-state index contributed by atoms with van der Waals surface area (Å²) in [5.74, 6) is 0. The average Bonchev–Trinajstić information content (AvgIpc) is 2.35. The van der Waals surface area contributed by atoms with Crippen molar-refractivity contribution in [1.29, 1.82) is 0 Å². The zero-order valence-electron chi connectivity index (χ0n) is 12.4. The van der Waals surface area contributed by atoms with Gasteiger partial charge in [-0.05, 0) is 50.9 Å². The maximum atomic E-state index is 3.46. The molecule has 0 bridgehead atoms. The van der Waals surface area contributed by atoms with Crippen LogP contribution in [0.5, 0.6) is 0 Å². The average molecular weight is 248 g/mol. The van der Waals surface area contributed by atoms with Crippen molar-refractivity contribution in [2.75, 3.05) is 25.0 Å². The molecule has 1 N–H and O–H groups in total. The largest absolute Gasteiger partial charge is 0.375 e. The van der Waals surface area contributed by atoms with Crippen LogP contribution < -0.4 is 10.2 Å². The first kappa shape index (κ1) is 15.0. The molecule has 1 atom stereocenters. The lowest BCUT2D eigenvalue weighted by molar-refractivity contribution is 0.503. The zero-order valence-corrected chi connectivity index (χ0v) is 12.4. The molecule has 2 nitrogen and oxygen atoms in total. The molecule has 2 heteroatoms. The Hall–Kier alpha value is -1.02. The molecule has 0 radical (unpaired) electrons. The van der Waals surface area contributed by atoms with E-state index in [0.29, 0.717) is 6.04 Å². The van der Waals surface area contributed by atoms with Gasteiger partial charge in [-0.3, -0.25) is 0 Å². The van der Waals surface area contributed by atoms with E-state index in [1.54, 1.807) is 0 Å². The fourth-order valence-corrected chi connectivity index (χ4v) is 2.24. The number of hydrogen-bond donors (Lipinski definition) is 1. The molecule has 1 aromatic carbocycles. The highest BCUT2D eigenvalue weighted by molar-refractivity contribution is 5.47. The maximum Gasteiger partial charge on any atom is 0.0366 e. The molecular formula is C16H28N2. The molecule has 0 heterocycles. The van der Waals surface area contributed by atoms with Crippen LogP contribution in [-0.2, 0) is 0 Å². The van der Waals surface area contributed by atoms with Crippen LogP contribution in [0.3, 0.4) is 0 Å². The van der Waals surface area contributed by atoms with Crippen LogP contribution in [0.1, 0.15) is 38.7 Å². The number of aryl methyl sites for hydroxylation is 1. The Bertz CT molecular complexity index is 336. The molecule has 0 aromatic heterocycles. The van der Waals surface area contributed by atoms with Gasteiger partial charge in [0.1, 0.15) is 0 Å². The SMILES string of the molecule is CCNC(C)CCCCN(C)c1cccc(C)c1. The van der Waals surface area contributed by atoms with Gasteiger partial charge in [0.2, 0.25) is 0 Å². The summed E-state index contributed by atoms with van der Waals surface area (Å²) >= 11 is 0. The molecular weight excluding hydrogens is 220 g/mol. The minimum atomic E-state index is 0.652. The first-order chi connectivity index (χ1) is 8.63. The Morgan fingerprint density at radius 2 is 2.06 bits per heavy atom. The van der Waals surface area contributed by atoms with E-state index in [9.17, 15) is 0 Å². The van der Waals surface area contributed by atoms with E-state index in [1.165, 1.54) is 30.5 Å². The standard InChI is InChI=1S/C16H28N2/c1-5-17-15(3)10-6-7-12-18(4)16-11-8-9-14(2)13-16/h8-9,11,13,15,17H,5-7,10,12H2,1-4H3. The van der Waals surface area contributed by atoms with Crippen molar-refractivity contribution in [3.05, 3.63) is 29.8 Å². The molecule has 0 spiro atoms. The molecule has 0 aliphatic rings. The summed E-state index contributed by atoms with van der Waals surface area (Å²) in [4.78, 5) is 2.35. The third-order valence-electron chi connectivity index (χ3n) is 3.38. The van der Waals surface area contributed by atoms with E-state index in [4.69, 9.17) is 0 Å². The highest BCUT2D eigenvalue weighted by Crippen LogP contribution is 2.15. The third kappa shape index (κ3) is 5.54. The van der Waals surface area contributed by atoms with Gasteiger partial charge in [0.05, 0.1) is 0 Å². The molecule has 0 saturated carbocycles. The smallest absolute Gasteiger partial charge is 0.0366 e. The van der Waals surface area contributed by atoms with Crippen LogP contribution in [0.25, 0.3) is 0 Å². The molecule has 102 valence electrons. The van der Waals surface area contributed by atoms with Crippen LogP contribution in [0.2, 0.25) is 0 Å². The van der Waals surface area contributed by atoms with Crippen molar-refractivity contribution in [2.24, 2.45) is 0 Å². The minimum Gasteiger partial charge on any atom is -0.375 e. The summed E-state index contributed by atoms with van der Waals surface area (Å²) in [5.41, 5.74) is 2.66. The van der Waals surface area contributed by atoms with Crippen LogP contribution >= 0.6 is 0 Å². The lowest BCUT2D eigenvalue weighted by Crippen LogP contribution is -2.25. The number of nitrogens with one attached hydrogen (secondary N) is 1. The van der Waals surface area contributed by atoms with Gasteiger partial charge in [0, 0.05) is 25.3 Å². The number of hydrogen-bond acceptors (Lipinski definition) is 2. The van der Waals surface area contributed by atoms with Crippen LogP contribution in [-0.4, -0.2) is 26.2 Å². The summed E-state index contributed by atoms with van der Waals surface area (Å²) in [5, 5.41) is 3.46. The van der Waals surface area contributed by atoms with Gasteiger partial charge in [-0.25, -0.2) is 0 Å². The van der Waals surface area contributed by atoms with Crippen LogP contribution in [0, 0.1) is 6.92 Å². The lowest BCUT2D eigenvalue weighted by atomic mass is 10.1. The van der Waals surface area contributed by atoms with E-state index >= 15 is 0 Å². The first-order valence-electron chi connectivity index (χ1n) is 7.14. The maximum absolute atomic E-state index is 3.46. The summed E-state index contributed by atoms with van der Waals surface area (Å²) < 4.78 is 0. The van der Waals surface area contributed by atoms with E-state index in [0.717, 1.165) is 13.1 Å². The highest BCUT2D eigenvalue weighted by atomic mass is 15.1. The number of nitrogens with zero attached hydrogens (tertiary/aromatic N) is 1. The monoisotopic (exact) mass is 248 g/mol. The third-order valence-corrected chi connectivity index (χ3v) is 3.38. The van der Waals surface area contributed by atoms with E-state index in [1.807, 2.05) is 0 Å². The highest BCUT2D eigenvalue weighted by Gasteiger charge is 2.02. The fourth-order valence-electron chi connectivity index (χ4n) is 2.24. The fraction of sp³-hybridized carbons (Fsp3) is 0.625.